The Morgan fingerprint density at radius 3 is 2.08 bits per heavy atom. The number of nitrogens with zero attached hydrogens (tertiary/aromatic N) is 2. The zero-order valence-corrected chi connectivity index (χ0v) is 20.5. The molecule has 184 valence electrons. The van der Waals surface area contributed by atoms with Crippen molar-refractivity contribution in [2.45, 2.75) is 16.7 Å². The molecule has 0 unspecified atom stereocenters. The minimum atomic E-state index is -3.93. The van der Waals surface area contributed by atoms with Crippen molar-refractivity contribution in [2.24, 2.45) is 0 Å². The van der Waals surface area contributed by atoms with E-state index in [1.54, 1.807) is 37.3 Å². The van der Waals surface area contributed by atoms with Gasteiger partial charge in [-0.05, 0) is 67.6 Å². The molecule has 4 rings (SSSR count). The van der Waals surface area contributed by atoms with Gasteiger partial charge in [-0.2, -0.15) is 0 Å². The number of anilines is 3. The average molecular weight is 524 g/mol. The first kappa shape index (κ1) is 24.8. The van der Waals surface area contributed by atoms with Crippen LogP contribution in [0, 0.1) is 6.92 Å². The molecule has 0 atom stereocenters. The lowest BCUT2D eigenvalue weighted by atomic mass is 10.2. The largest absolute Gasteiger partial charge is 0.322 e. The van der Waals surface area contributed by atoms with E-state index < -0.39 is 26.0 Å². The van der Waals surface area contributed by atoms with Crippen LogP contribution in [0.5, 0.6) is 0 Å². The van der Waals surface area contributed by atoms with E-state index >= 15 is 0 Å². The molecule has 0 aliphatic heterocycles. The Hall–Kier alpha value is -4.29. The van der Waals surface area contributed by atoms with Crippen LogP contribution in [0.15, 0.2) is 101 Å². The molecule has 12 heteroatoms. The van der Waals surface area contributed by atoms with E-state index in [-0.39, 0.29) is 27.0 Å². The topological polar surface area (TPSA) is 147 Å². The maximum atomic E-state index is 12.7. The second-order valence-corrected chi connectivity index (χ2v) is 11.0. The number of benzene rings is 3. The maximum Gasteiger partial charge on any atom is 0.264 e. The van der Waals surface area contributed by atoms with E-state index in [1.165, 1.54) is 60.8 Å². The van der Waals surface area contributed by atoms with E-state index in [4.69, 9.17) is 0 Å². The van der Waals surface area contributed by atoms with Gasteiger partial charge in [-0.3, -0.25) is 9.52 Å². The zero-order valence-electron chi connectivity index (χ0n) is 18.9. The van der Waals surface area contributed by atoms with Gasteiger partial charge in [0.2, 0.25) is 5.95 Å². The highest BCUT2D eigenvalue weighted by atomic mass is 32.2. The molecule has 0 saturated heterocycles. The smallest absolute Gasteiger partial charge is 0.264 e. The second-order valence-electron chi connectivity index (χ2n) is 7.60. The third-order valence-electron chi connectivity index (χ3n) is 4.87. The highest BCUT2D eigenvalue weighted by molar-refractivity contribution is 7.93. The van der Waals surface area contributed by atoms with Crippen molar-refractivity contribution in [2.75, 3.05) is 14.8 Å². The van der Waals surface area contributed by atoms with Gasteiger partial charge in [0, 0.05) is 28.8 Å². The number of aromatic nitrogens is 2. The first-order chi connectivity index (χ1) is 17.1. The fourth-order valence-electron chi connectivity index (χ4n) is 3.14. The predicted molar refractivity (Wildman–Crippen MR) is 136 cm³/mol. The highest BCUT2D eigenvalue weighted by Gasteiger charge is 2.17. The van der Waals surface area contributed by atoms with Gasteiger partial charge in [-0.1, -0.05) is 24.3 Å². The van der Waals surface area contributed by atoms with Gasteiger partial charge in [0.15, 0.2) is 0 Å². The van der Waals surface area contributed by atoms with E-state index in [1.807, 2.05) is 0 Å². The summed E-state index contributed by atoms with van der Waals surface area (Å²) in [6.45, 7) is 1.71. The monoisotopic (exact) mass is 523 g/mol. The Labute approximate surface area is 208 Å². The summed E-state index contributed by atoms with van der Waals surface area (Å²) in [7, 11) is -7.74. The van der Waals surface area contributed by atoms with Crippen LogP contribution >= 0.6 is 0 Å². The minimum Gasteiger partial charge on any atom is -0.322 e. The van der Waals surface area contributed by atoms with Crippen molar-refractivity contribution in [3.05, 3.63) is 102 Å². The van der Waals surface area contributed by atoms with E-state index in [2.05, 4.69) is 24.7 Å². The first-order valence-corrected chi connectivity index (χ1v) is 13.5. The number of hydrogen-bond acceptors (Lipinski definition) is 7. The molecule has 0 radical (unpaired) electrons. The zero-order chi connectivity index (χ0) is 25.8. The Bertz CT molecular complexity index is 1610. The number of hydrogen-bond donors (Lipinski definition) is 3. The molecule has 4 aromatic rings. The molecule has 1 aromatic heterocycles. The molecular weight excluding hydrogens is 502 g/mol. The summed E-state index contributed by atoms with van der Waals surface area (Å²) < 4.78 is 55.0. The van der Waals surface area contributed by atoms with Gasteiger partial charge in [-0.25, -0.2) is 31.5 Å². The summed E-state index contributed by atoms with van der Waals surface area (Å²) >= 11 is 0. The molecule has 0 aliphatic carbocycles. The first-order valence-electron chi connectivity index (χ1n) is 10.5. The standard InChI is InChI=1S/C24H21N5O5S2/c1-17-14-15-25-24(26-17)29-36(33,34)22-12-10-19(11-13-22)27-23(30)18-6-5-7-20(16-18)28-35(31,32)21-8-3-2-4-9-21/h2-16,28H,1H3,(H,27,30)(H,25,26,29). The molecule has 0 bridgehead atoms. The molecule has 0 saturated carbocycles. The van der Waals surface area contributed by atoms with Gasteiger partial charge in [0.05, 0.1) is 9.79 Å². The van der Waals surface area contributed by atoms with E-state index in [9.17, 15) is 21.6 Å². The summed E-state index contributed by atoms with van der Waals surface area (Å²) in [5, 5.41) is 2.66. The number of amides is 1. The van der Waals surface area contributed by atoms with Crippen LogP contribution in [0.4, 0.5) is 17.3 Å². The Morgan fingerprint density at radius 1 is 0.722 bits per heavy atom. The minimum absolute atomic E-state index is 0.0390. The van der Waals surface area contributed by atoms with Gasteiger partial charge >= 0.3 is 0 Å². The van der Waals surface area contributed by atoms with Crippen LogP contribution in [-0.4, -0.2) is 32.7 Å². The summed E-state index contributed by atoms with van der Waals surface area (Å²) in [6, 6.07) is 21.0. The number of aryl methyl sites for hydroxylation is 1. The van der Waals surface area contributed by atoms with E-state index in [0.717, 1.165) is 0 Å². The van der Waals surface area contributed by atoms with Crippen molar-refractivity contribution in [1.82, 2.24) is 9.97 Å². The average Bonchev–Trinajstić information content (AvgIpc) is 2.84. The van der Waals surface area contributed by atoms with Crippen LogP contribution < -0.4 is 14.8 Å². The van der Waals surface area contributed by atoms with Gasteiger partial charge in [-0.15, -0.1) is 0 Å². The SMILES string of the molecule is Cc1ccnc(NS(=O)(=O)c2ccc(NC(=O)c3cccc(NS(=O)(=O)c4ccccc4)c3)cc2)n1. The fourth-order valence-corrected chi connectivity index (χ4v) is 5.16. The number of nitrogens with one attached hydrogen (secondary N) is 3. The van der Waals surface area contributed by atoms with Crippen molar-refractivity contribution >= 4 is 43.3 Å². The molecule has 36 heavy (non-hydrogen) atoms. The molecular formula is C24H21N5O5S2. The summed E-state index contributed by atoms with van der Waals surface area (Å²) in [4.78, 5) is 20.7. The Balaban J connectivity index is 1.45. The third kappa shape index (κ3) is 6.03. The Kier molecular flexibility index (Phi) is 6.99. The molecule has 1 heterocycles. The van der Waals surface area contributed by atoms with Crippen molar-refractivity contribution in [3.63, 3.8) is 0 Å². The summed E-state index contributed by atoms with van der Waals surface area (Å²) in [6.07, 6.45) is 1.44. The van der Waals surface area contributed by atoms with Crippen LogP contribution in [0.3, 0.4) is 0 Å². The number of sulfonamides is 2. The van der Waals surface area contributed by atoms with Crippen molar-refractivity contribution < 1.29 is 21.6 Å². The number of carbonyl (C=O) groups excluding carboxylic acids is 1. The Morgan fingerprint density at radius 2 is 1.39 bits per heavy atom. The second kappa shape index (κ2) is 10.1. The maximum absolute atomic E-state index is 12.7. The molecule has 0 fully saturated rings. The van der Waals surface area contributed by atoms with Gasteiger partial charge in [0.1, 0.15) is 0 Å². The highest BCUT2D eigenvalue weighted by Crippen LogP contribution is 2.20. The van der Waals surface area contributed by atoms with Crippen LogP contribution in [0.1, 0.15) is 16.1 Å². The van der Waals surface area contributed by atoms with Crippen LogP contribution in [0.25, 0.3) is 0 Å². The summed E-state index contributed by atoms with van der Waals surface area (Å²) in [5.74, 6) is -0.548. The molecule has 0 spiro atoms. The van der Waals surface area contributed by atoms with Crippen LogP contribution in [-0.2, 0) is 20.0 Å². The fraction of sp³-hybridized carbons (Fsp3) is 0.0417. The van der Waals surface area contributed by atoms with Crippen molar-refractivity contribution in [3.8, 4) is 0 Å². The molecule has 0 aliphatic rings. The normalized spacial score (nSPS) is 11.5. The molecule has 10 nitrogen and oxygen atoms in total. The van der Waals surface area contributed by atoms with Gasteiger partial charge < -0.3 is 5.32 Å². The number of carbonyl (C=O) groups is 1. The summed E-state index contributed by atoms with van der Waals surface area (Å²) in [5.41, 5.74) is 1.38. The van der Waals surface area contributed by atoms with Gasteiger partial charge in [0.25, 0.3) is 26.0 Å². The van der Waals surface area contributed by atoms with E-state index in [0.29, 0.717) is 11.4 Å². The van der Waals surface area contributed by atoms with Crippen LogP contribution in [0.2, 0.25) is 0 Å². The molecule has 3 aromatic carbocycles. The van der Waals surface area contributed by atoms with Crippen molar-refractivity contribution in [1.29, 1.82) is 0 Å². The number of rotatable bonds is 8. The third-order valence-corrected chi connectivity index (χ3v) is 7.61. The molecule has 1 amide bonds. The lowest BCUT2D eigenvalue weighted by Gasteiger charge is -2.11. The lowest BCUT2D eigenvalue weighted by Crippen LogP contribution is -2.16. The quantitative estimate of drug-likeness (QED) is 0.319. The predicted octanol–water partition coefficient (Wildman–Crippen LogP) is 3.64. The molecule has 3 N–H and O–H groups in total. The lowest BCUT2D eigenvalue weighted by molar-refractivity contribution is 0.102.